The van der Waals surface area contributed by atoms with Crippen LogP contribution in [0.5, 0.6) is 11.5 Å². The summed E-state index contributed by atoms with van der Waals surface area (Å²) in [6, 6.07) is 19.9. The molecule has 0 saturated carbocycles. The highest BCUT2D eigenvalue weighted by atomic mass is 19.1. The molecule has 4 aromatic rings. The molecular weight excluding hydrogens is 447 g/mol. The van der Waals surface area contributed by atoms with Crippen LogP contribution in [0, 0.1) is 5.82 Å². The molecule has 178 valence electrons. The van der Waals surface area contributed by atoms with E-state index in [1.807, 2.05) is 36.4 Å². The summed E-state index contributed by atoms with van der Waals surface area (Å²) in [4.78, 5) is 30.1. The summed E-state index contributed by atoms with van der Waals surface area (Å²) in [5.41, 5.74) is 2.12. The van der Waals surface area contributed by atoms with Crippen LogP contribution in [0.2, 0.25) is 0 Å². The van der Waals surface area contributed by atoms with E-state index in [0.29, 0.717) is 17.2 Å². The van der Waals surface area contributed by atoms with Crippen LogP contribution in [0.3, 0.4) is 0 Å². The first-order valence-electron chi connectivity index (χ1n) is 11.1. The Hall–Kier alpha value is -4.30. The standard InChI is InChI=1S/C27H25FN4O3/c1-18(29-2)26(33)31-24-12-13-25(20-6-4-3-5-7-20)32(27(24)34)17-19-14-23(16-30-15-19)35-22-10-8-21(28)9-11-22/h3-16,18,29H,17H2,1-2H3,(H,31,33). The fourth-order valence-corrected chi connectivity index (χ4v) is 3.49. The number of carbonyl (C=O) groups is 1. The van der Waals surface area contributed by atoms with E-state index in [9.17, 15) is 14.0 Å². The lowest BCUT2D eigenvalue weighted by Gasteiger charge is -2.17. The summed E-state index contributed by atoms with van der Waals surface area (Å²) < 4.78 is 20.6. The number of likely N-dealkylation sites (N-methyl/N-ethyl adjacent to an activating group) is 1. The van der Waals surface area contributed by atoms with E-state index < -0.39 is 6.04 Å². The minimum Gasteiger partial charge on any atom is -0.456 e. The smallest absolute Gasteiger partial charge is 0.275 e. The highest BCUT2D eigenvalue weighted by molar-refractivity contribution is 5.94. The third-order valence-electron chi connectivity index (χ3n) is 5.49. The van der Waals surface area contributed by atoms with Crippen molar-refractivity contribution < 1.29 is 13.9 Å². The van der Waals surface area contributed by atoms with Crippen molar-refractivity contribution in [2.24, 2.45) is 0 Å². The molecule has 0 aliphatic carbocycles. The number of hydrogen-bond donors (Lipinski definition) is 2. The van der Waals surface area contributed by atoms with Gasteiger partial charge in [-0.15, -0.1) is 0 Å². The Morgan fingerprint density at radius 2 is 1.77 bits per heavy atom. The zero-order valence-corrected chi connectivity index (χ0v) is 19.4. The molecule has 0 aliphatic rings. The lowest BCUT2D eigenvalue weighted by molar-refractivity contribution is -0.117. The minimum atomic E-state index is -0.457. The second kappa shape index (κ2) is 10.8. The normalized spacial score (nSPS) is 11.6. The van der Waals surface area contributed by atoms with E-state index in [4.69, 9.17) is 4.74 Å². The quantitative estimate of drug-likeness (QED) is 0.396. The van der Waals surface area contributed by atoms with E-state index in [-0.39, 0.29) is 29.5 Å². The van der Waals surface area contributed by atoms with Gasteiger partial charge in [0.2, 0.25) is 5.91 Å². The fraction of sp³-hybridized carbons (Fsp3) is 0.148. The predicted molar refractivity (Wildman–Crippen MR) is 133 cm³/mol. The van der Waals surface area contributed by atoms with Crippen LogP contribution in [0.1, 0.15) is 12.5 Å². The van der Waals surface area contributed by atoms with E-state index in [1.54, 1.807) is 43.1 Å². The Bertz CT molecular complexity index is 1370. The van der Waals surface area contributed by atoms with Crippen molar-refractivity contribution >= 4 is 11.6 Å². The number of nitrogens with one attached hydrogen (secondary N) is 2. The first-order valence-corrected chi connectivity index (χ1v) is 11.1. The van der Waals surface area contributed by atoms with Crippen LogP contribution in [-0.4, -0.2) is 28.5 Å². The van der Waals surface area contributed by atoms with Crippen molar-refractivity contribution in [3.8, 4) is 22.8 Å². The average Bonchev–Trinajstić information content (AvgIpc) is 2.88. The van der Waals surface area contributed by atoms with Gasteiger partial charge in [-0.2, -0.15) is 0 Å². The number of pyridine rings is 2. The molecule has 1 atom stereocenters. The number of anilines is 1. The van der Waals surface area contributed by atoms with Crippen molar-refractivity contribution in [2.45, 2.75) is 19.5 Å². The molecular formula is C27H25FN4O3. The van der Waals surface area contributed by atoms with Gasteiger partial charge in [-0.3, -0.25) is 14.6 Å². The molecule has 4 rings (SSSR count). The molecule has 0 bridgehead atoms. The molecule has 2 heterocycles. The third kappa shape index (κ3) is 5.80. The number of halogens is 1. The zero-order chi connectivity index (χ0) is 24.8. The van der Waals surface area contributed by atoms with Gasteiger partial charge in [0.1, 0.15) is 23.0 Å². The lowest BCUT2D eigenvalue weighted by atomic mass is 10.1. The molecule has 35 heavy (non-hydrogen) atoms. The number of nitrogens with zero attached hydrogens (tertiary/aromatic N) is 2. The van der Waals surface area contributed by atoms with Crippen LogP contribution < -0.4 is 20.9 Å². The maximum Gasteiger partial charge on any atom is 0.275 e. The molecule has 0 fully saturated rings. The van der Waals surface area contributed by atoms with E-state index >= 15 is 0 Å². The van der Waals surface area contributed by atoms with Gasteiger partial charge in [0, 0.05) is 6.20 Å². The van der Waals surface area contributed by atoms with Crippen LogP contribution in [0.15, 0.2) is 90.0 Å². The number of rotatable bonds is 8. The molecule has 2 aromatic carbocycles. The SMILES string of the molecule is CNC(C)C(=O)Nc1ccc(-c2ccccc2)n(Cc2cncc(Oc3ccc(F)cc3)c2)c1=O. The molecule has 2 aromatic heterocycles. The van der Waals surface area contributed by atoms with Gasteiger partial charge in [-0.25, -0.2) is 4.39 Å². The minimum absolute atomic E-state index is 0.184. The molecule has 0 radical (unpaired) electrons. The van der Waals surface area contributed by atoms with Crippen LogP contribution in [0.4, 0.5) is 10.1 Å². The summed E-state index contributed by atoms with van der Waals surface area (Å²) in [6.45, 7) is 1.91. The summed E-state index contributed by atoms with van der Waals surface area (Å²) in [5.74, 6) is 0.264. The summed E-state index contributed by atoms with van der Waals surface area (Å²) in [6.07, 6.45) is 3.19. The highest BCUT2D eigenvalue weighted by Crippen LogP contribution is 2.24. The van der Waals surface area contributed by atoms with Crippen LogP contribution >= 0.6 is 0 Å². The number of benzene rings is 2. The van der Waals surface area contributed by atoms with Gasteiger partial charge >= 0.3 is 0 Å². The van der Waals surface area contributed by atoms with Crippen molar-refractivity contribution in [1.29, 1.82) is 0 Å². The summed E-state index contributed by atoms with van der Waals surface area (Å²) in [5, 5.41) is 5.57. The van der Waals surface area contributed by atoms with Gasteiger partial charge in [0.05, 0.1) is 24.5 Å². The molecule has 7 nitrogen and oxygen atoms in total. The first kappa shape index (κ1) is 23.8. The van der Waals surface area contributed by atoms with Gasteiger partial charge in [0.25, 0.3) is 5.56 Å². The van der Waals surface area contributed by atoms with E-state index in [1.165, 1.54) is 24.3 Å². The first-order chi connectivity index (χ1) is 16.9. The van der Waals surface area contributed by atoms with E-state index in [2.05, 4.69) is 15.6 Å². The Kier molecular flexibility index (Phi) is 7.32. The number of carbonyl (C=O) groups excluding carboxylic acids is 1. The molecule has 0 aliphatic heterocycles. The van der Waals surface area contributed by atoms with Gasteiger partial charge < -0.3 is 19.9 Å². The molecule has 2 N–H and O–H groups in total. The lowest BCUT2D eigenvalue weighted by Crippen LogP contribution is -2.37. The second-order valence-corrected chi connectivity index (χ2v) is 7.97. The summed E-state index contributed by atoms with van der Waals surface area (Å²) in [7, 11) is 1.68. The number of aromatic nitrogens is 2. The molecule has 1 amide bonds. The Morgan fingerprint density at radius 3 is 2.49 bits per heavy atom. The monoisotopic (exact) mass is 472 g/mol. The van der Waals surface area contributed by atoms with Crippen LogP contribution in [0.25, 0.3) is 11.3 Å². The second-order valence-electron chi connectivity index (χ2n) is 7.97. The Morgan fingerprint density at radius 1 is 1.03 bits per heavy atom. The maximum atomic E-state index is 13.5. The number of amides is 1. The van der Waals surface area contributed by atoms with Crippen LogP contribution in [-0.2, 0) is 11.3 Å². The molecule has 0 spiro atoms. The molecule has 1 unspecified atom stereocenters. The van der Waals surface area contributed by atoms with Crippen molar-refractivity contribution in [3.63, 3.8) is 0 Å². The Balaban J connectivity index is 1.69. The van der Waals surface area contributed by atoms with Gasteiger partial charge in [0.15, 0.2) is 0 Å². The number of ether oxygens (including phenoxy) is 1. The predicted octanol–water partition coefficient (Wildman–Crippen LogP) is 4.44. The highest BCUT2D eigenvalue weighted by Gasteiger charge is 2.16. The van der Waals surface area contributed by atoms with Crippen molar-refractivity contribution in [2.75, 3.05) is 12.4 Å². The van der Waals surface area contributed by atoms with E-state index in [0.717, 1.165) is 11.1 Å². The molecule has 0 saturated heterocycles. The summed E-state index contributed by atoms with van der Waals surface area (Å²) >= 11 is 0. The third-order valence-corrected chi connectivity index (χ3v) is 5.49. The Labute approximate surface area is 202 Å². The largest absolute Gasteiger partial charge is 0.456 e. The van der Waals surface area contributed by atoms with Crippen molar-refractivity contribution in [3.05, 3.63) is 107 Å². The average molecular weight is 473 g/mol. The van der Waals surface area contributed by atoms with Gasteiger partial charge in [-0.1, -0.05) is 30.3 Å². The fourth-order valence-electron chi connectivity index (χ4n) is 3.49. The molecule has 8 heteroatoms. The maximum absolute atomic E-state index is 13.5. The topological polar surface area (TPSA) is 85.2 Å². The zero-order valence-electron chi connectivity index (χ0n) is 19.4. The number of hydrogen-bond acceptors (Lipinski definition) is 5. The van der Waals surface area contributed by atoms with Crippen molar-refractivity contribution in [1.82, 2.24) is 14.9 Å². The van der Waals surface area contributed by atoms with Gasteiger partial charge in [-0.05, 0) is 67.6 Å².